The van der Waals surface area contributed by atoms with Gasteiger partial charge in [0.1, 0.15) is 12.2 Å². The maximum Gasteiger partial charge on any atom is 0.132 e. The molecule has 0 aromatic heterocycles. The van der Waals surface area contributed by atoms with Gasteiger partial charge in [-0.1, -0.05) is 20.4 Å². The lowest BCUT2D eigenvalue weighted by Gasteiger charge is -2.00. The molecule has 0 amide bonds. The van der Waals surface area contributed by atoms with Crippen molar-refractivity contribution in [1.82, 2.24) is 0 Å². The molecule has 0 unspecified atom stereocenters. The first-order chi connectivity index (χ1) is 5.72. The molecule has 0 aromatic rings. The third-order valence-corrected chi connectivity index (χ3v) is 1.15. The molecular weight excluding hydrogens is 150 g/mol. The highest BCUT2D eigenvalue weighted by molar-refractivity contribution is 5.92. The fourth-order valence-electron chi connectivity index (χ4n) is 0.584. The first-order valence-electron chi connectivity index (χ1n) is 3.91. The van der Waals surface area contributed by atoms with Gasteiger partial charge in [-0.2, -0.15) is 0 Å². The summed E-state index contributed by atoms with van der Waals surface area (Å²) in [5.74, 6) is 1.04. The van der Waals surface area contributed by atoms with Gasteiger partial charge >= 0.3 is 0 Å². The second-order valence-electron chi connectivity index (χ2n) is 2.48. The molecule has 0 radical (unpaired) electrons. The Bertz CT molecular complexity index is 212. The summed E-state index contributed by atoms with van der Waals surface area (Å²) in [6.07, 6.45) is 4.65. The van der Waals surface area contributed by atoms with Crippen LogP contribution in [0, 0.1) is 5.92 Å². The van der Waals surface area contributed by atoms with Crippen molar-refractivity contribution in [2.24, 2.45) is 20.9 Å². The highest BCUT2D eigenvalue weighted by Gasteiger charge is 1.99. The topological polar surface area (TPSA) is 37.1 Å². The van der Waals surface area contributed by atoms with E-state index in [4.69, 9.17) is 0 Å². The number of amidine groups is 1. The summed E-state index contributed by atoms with van der Waals surface area (Å²) in [6.45, 7) is 9.40. The van der Waals surface area contributed by atoms with Crippen molar-refractivity contribution in [3.63, 3.8) is 0 Å². The van der Waals surface area contributed by atoms with E-state index < -0.39 is 0 Å². The van der Waals surface area contributed by atoms with E-state index in [0.717, 1.165) is 5.84 Å². The van der Waals surface area contributed by atoms with Gasteiger partial charge in [0.05, 0.1) is 0 Å². The van der Waals surface area contributed by atoms with Gasteiger partial charge in [0.25, 0.3) is 0 Å². The number of nitrogens with zero attached hydrogens (tertiary/aromatic N) is 3. The Morgan fingerprint density at radius 1 is 1.42 bits per heavy atom. The minimum atomic E-state index is 0.298. The zero-order chi connectivity index (χ0) is 9.40. The second kappa shape index (κ2) is 6.46. The van der Waals surface area contributed by atoms with Crippen LogP contribution in [-0.2, 0) is 0 Å². The van der Waals surface area contributed by atoms with Gasteiger partial charge in [0.2, 0.25) is 0 Å². The molecule has 0 aromatic carbocycles. The average Bonchev–Trinajstić information content (AvgIpc) is 2.03. The van der Waals surface area contributed by atoms with Crippen LogP contribution in [0.5, 0.6) is 0 Å². The third-order valence-electron chi connectivity index (χ3n) is 1.15. The molecule has 0 aliphatic rings. The molecule has 0 rings (SSSR count). The largest absolute Gasteiger partial charge is 0.249 e. The molecule has 0 fully saturated rings. The van der Waals surface area contributed by atoms with Gasteiger partial charge in [-0.25, -0.2) is 15.0 Å². The zero-order valence-corrected chi connectivity index (χ0v) is 7.86. The molecule has 0 atom stereocenters. The molecule has 0 bridgehead atoms. The van der Waals surface area contributed by atoms with E-state index in [9.17, 15) is 0 Å². The van der Waals surface area contributed by atoms with E-state index in [1.807, 2.05) is 20.8 Å². The Morgan fingerprint density at radius 2 is 2.08 bits per heavy atom. The number of hydrogen-bond acceptors (Lipinski definition) is 1. The van der Waals surface area contributed by atoms with E-state index in [1.54, 1.807) is 6.21 Å². The molecule has 0 aliphatic carbocycles. The summed E-state index contributed by atoms with van der Waals surface area (Å²) < 4.78 is 0. The predicted octanol–water partition coefficient (Wildman–Crippen LogP) is 2.30. The molecular formula is C9H15N3. The van der Waals surface area contributed by atoms with E-state index in [1.165, 1.54) is 12.5 Å². The lowest BCUT2D eigenvalue weighted by molar-refractivity contribution is 0.873. The lowest BCUT2D eigenvalue weighted by atomic mass is 10.2. The van der Waals surface area contributed by atoms with Crippen molar-refractivity contribution >= 4 is 18.4 Å². The fourth-order valence-corrected chi connectivity index (χ4v) is 0.584. The highest BCUT2D eigenvalue weighted by atomic mass is 14.9. The molecule has 0 saturated carbocycles. The second-order valence-corrected chi connectivity index (χ2v) is 2.48. The number of hydrogen-bond donors (Lipinski definition) is 0. The van der Waals surface area contributed by atoms with Crippen LogP contribution in [0.1, 0.15) is 20.8 Å². The summed E-state index contributed by atoms with van der Waals surface area (Å²) in [4.78, 5) is 11.9. The number of rotatable bonds is 3. The first-order valence-corrected chi connectivity index (χ1v) is 3.91. The average molecular weight is 165 g/mol. The predicted molar refractivity (Wildman–Crippen MR) is 55.1 cm³/mol. The van der Waals surface area contributed by atoms with Crippen LogP contribution in [0.4, 0.5) is 0 Å². The van der Waals surface area contributed by atoms with Crippen LogP contribution < -0.4 is 0 Å². The minimum absolute atomic E-state index is 0.298. The lowest BCUT2D eigenvalue weighted by Crippen LogP contribution is -2.03. The molecule has 0 aliphatic heterocycles. The van der Waals surface area contributed by atoms with E-state index in [2.05, 4.69) is 21.6 Å². The Kier molecular flexibility index (Phi) is 5.79. The normalized spacial score (nSPS) is 13.5. The van der Waals surface area contributed by atoms with Crippen LogP contribution in [-0.4, -0.2) is 18.4 Å². The standard InChI is InChI=1S/C9H15N3/c1-5-10-7-12-9(8(3)4)11-6-2/h5-8H,2H2,1,3-4H3/b10-5+,11-9-,12-7-. The van der Waals surface area contributed by atoms with Crippen LogP contribution in [0.2, 0.25) is 0 Å². The summed E-state index contributed by atoms with van der Waals surface area (Å²) in [6, 6.07) is 0. The SMILES string of the molecule is C=C\N=C(/N=C\N=C\C)C(C)C. The van der Waals surface area contributed by atoms with E-state index >= 15 is 0 Å². The van der Waals surface area contributed by atoms with Gasteiger partial charge in [0.15, 0.2) is 0 Å². The van der Waals surface area contributed by atoms with Gasteiger partial charge < -0.3 is 0 Å². The van der Waals surface area contributed by atoms with Crippen molar-refractivity contribution in [3.05, 3.63) is 12.8 Å². The van der Waals surface area contributed by atoms with Crippen LogP contribution in [0.3, 0.4) is 0 Å². The monoisotopic (exact) mass is 165 g/mol. The maximum absolute atomic E-state index is 4.06. The summed E-state index contributed by atoms with van der Waals surface area (Å²) in [5, 5.41) is 0. The maximum atomic E-state index is 4.06. The Labute approximate surface area is 73.7 Å². The van der Waals surface area contributed by atoms with Crippen molar-refractivity contribution in [2.75, 3.05) is 0 Å². The van der Waals surface area contributed by atoms with Gasteiger partial charge in [0, 0.05) is 18.3 Å². The van der Waals surface area contributed by atoms with Crippen molar-refractivity contribution in [3.8, 4) is 0 Å². The van der Waals surface area contributed by atoms with Crippen molar-refractivity contribution < 1.29 is 0 Å². The fraction of sp³-hybridized carbons (Fsp3) is 0.444. The Hall–Kier alpha value is -1.25. The molecule has 0 spiro atoms. The van der Waals surface area contributed by atoms with E-state index in [0.29, 0.717) is 5.92 Å². The molecule has 0 N–H and O–H groups in total. The zero-order valence-electron chi connectivity index (χ0n) is 7.86. The third kappa shape index (κ3) is 4.55. The van der Waals surface area contributed by atoms with Gasteiger partial charge in [-0.05, 0) is 6.92 Å². The molecule has 3 nitrogen and oxygen atoms in total. The van der Waals surface area contributed by atoms with Crippen LogP contribution in [0.25, 0.3) is 0 Å². The highest BCUT2D eigenvalue weighted by Crippen LogP contribution is 1.98. The summed E-state index contributed by atoms with van der Waals surface area (Å²) in [7, 11) is 0. The Morgan fingerprint density at radius 3 is 2.50 bits per heavy atom. The van der Waals surface area contributed by atoms with Gasteiger partial charge in [-0.15, -0.1) is 0 Å². The quantitative estimate of drug-likeness (QED) is 0.454. The molecule has 0 heterocycles. The molecule has 0 saturated heterocycles. The van der Waals surface area contributed by atoms with Gasteiger partial charge in [-0.3, -0.25) is 0 Å². The smallest absolute Gasteiger partial charge is 0.132 e. The summed E-state index contributed by atoms with van der Waals surface area (Å²) >= 11 is 0. The molecule has 12 heavy (non-hydrogen) atoms. The van der Waals surface area contributed by atoms with Crippen LogP contribution >= 0.6 is 0 Å². The van der Waals surface area contributed by atoms with Crippen molar-refractivity contribution in [2.45, 2.75) is 20.8 Å². The van der Waals surface area contributed by atoms with E-state index in [-0.39, 0.29) is 0 Å². The molecule has 66 valence electrons. The van der Waals surface area contributed by atoms with Crippen LogP contribution in [0.15, 0.2) is 27.8 Å². The summed E-state index contributed by atoms with van der Waals surface area (Å²) in [5.41, 5.74) is 0. The number of aliphatic imine (C=N–C) groups is 3. The minimum Gasteiger partial charge on any atom is -0.249 e. The Balaban J connectivity index is 4.33. The van der Waals surface area contributed by atoms with Crippen molar-refractivity contribution in [1.29, 1.82) is 0 Å². The molecule has 3 heteroatoms. The first kappa shape index (κ1) is 10.8.